The predicted molar refractivity (Wildman–Crippen MR) is 48.8 cm³/mol. The highest BCUT2D eigenvalue weighted by Gasteiger charge is 2.24. The summed E-state index contributed by atoms with van der Waals surface area (Å²) in [6, 6.07) is 1.92. The Hall–Kier alpha value is -1.08. The number of nitrogens with one attached hydrogen (secondary N) is 1. The van der Waals surface area contributed by atoms with Crippen molar-refractivity contribution >= 4 is 5.91 Å². The maximum atomic E-state index is 11.5. The summed E-state index contributed by atoms with van der Waals surface area (Å²) in [6.45, 7) is 5.72. The third-order valence-corrected chi connectivity index (χ3v) is 2.14. The highest BCUT2D eigenvalue weighted by atomic mass is 16.2. The number of hydrogen-bond acceptors (Lipinski definition) is 3. The van der Waals surface area contributed by atoms with Gasteiger partial charge < -0.3 is 4.90 Å². The molecule has 1 amide bonds. The third kappa shape index (κ3) is 2.43. The molecule has 0 aromatic heterocycles. The van der Waals surface area contributed by atoms with Crippen molar-refractivity contribution in [1.82, 2.24) is 10.2 Å². The van der Waals surface area contributed by atoms with E-state index in [1.165, 1.54) is 0 Å². The van der Waals surface area contributed by atoms with Gasteiger partial charge in [0.1, 0.15) is 6.04 Å². The van der Waals surface area contributed by atoms with Crippen LogP contribution >= 0.6 is 0 Å². The van der Waals surface area contributed by atoms with Gasteiger partial charge in [0.15, 0.2) is 0 Å². The number of piperazine rings is 1. The lowest BCUT2D eigenvalue weighted by Crippen LogP contribution is -2.52. The van der Waals surface area contributed by atoms with Crippen LogP contribution in [0.25, 0.3) is 0 Å². The molecule has 1 fully saturated rings. The van der Waals surface area contributed by atoms with Crippen molar-refractivity contribution in [3.05, 3.63) is 0 Å². The van der Waals surface area contributed by atoms with E-state index in [4.69, 9.17) is 5.26 Å². The molecule has 1 atom stereocenters. The van der Waals surface area contributed by atoms with E-state index in [0.29, 0.717) is 6.54 Å². The summed E-state index contributed by atoms with van der Waals surface area (Å²) < 4.78 is 0. The number of rotatable bonds is 1. The maximum Gasteiger partial charge on any atom is 0.225 e. The minimum absolute atomic E-state index is 0.0254. The Morgan fingerprint density at radius 3 is 2.92 bits per heavy atom. The summed E-state index contributed by atoms with van der Waals surface area (Å²) in [5.41, 5.74) is 0. The molecule has 13 heavy (non-hydrogen) atoms. The first-order valence-corrected chi connectivity index (χ1v) is 4.57. The molecule has 0 spiro atoms. The van der Waals surface area contributed by atoms with Crippen molar-refractivity contribution in [2.24, 2.45) is 5.92 Å². The summed E-state index contributed by atoms with van der Waals surface area (Å²) >= 11 is 0. The number of nitriles is 1. The van der Waals surface area contributed by atoms with E-state index in [0.717, 1.165) is 13.1 Å². The molecule has 0 aromatic carbocycles. The smallest absolute Gasteiger partial charge is 0.225 e. The molecule has 0 unspecified atom stereocenters. The van der Waals surface area contributed by atoms with Crippen molar-refractivity contribution in [1.29, 1.82) is 5.26 Å². The zero-order valence-corrected chi connectivity index (χ0v) is 8.08. The van der Waals surface area contributed by atoms with Crippen LogP contribution in [0.5, 0.6) is 0 Å². The third-order valence-electron chi connectivity index (χ3n) is 2.14. The quantitative estimate of drug-likeness (QED) is 0.618. The zero-order chi connectivity index (χ0) is 9.84. The van der Waals surface area contributed by atoms with Crippen molar-refractivity contribution in [2.45, 2.75) is 19.9 Å². The van der Waals surface area contributed by atoms with Gasteiger partial charge in [0.05, 0.1) is 6.07 Å². The Morgan fingerprint density at radius 2 is 2.38 bits per heavy atom. The standard InChI is InChI=1S/C9H15N3O/c1-7(2)9(13)12-4-3-11-8(5-10)6-12/h7-8,11H,3-4,6H2,1-2H3/t8-/m1/s1. The van der Waals surface area contributed by atoms with E-state index in [2.05, 4.69) is 11.4 Å². The Kier molecular flexibility index (Phi) is 3.26. The van der Waals surface area contributed by atoms with Gasteiger partial charge >= 0.3 is 0 Å². The van der Waals surface area contributed by atoms with Gasteiger partial charge in [0.2, 0.25) is 5.91 Å². The van der Waals surface area contributed by atoms with E-state index in [1.54, 1.807) is 4.90 Å². The van der Waals surface area contributed by atoms with Gasteiger partial charge in [-0.05, 0) is 0 Å². The predicted octanol–water partition coefficient (Wildman–Crippen LogP) is -0.0336. The van der Waals surface area contributed by atoms with E-state index < -0.39 is 0 Å². The molecule has 1 rings (SSSR count). The normalized spacial score (nSPS) is 22.9. The second kappa shape index (κ2) is 4.24. The monoisotopic (exact) mass is 181 g/mol. The summed E-state index contributed by atoms with van der Waals surface area (Å²) in [5.74, 6) is 0.166. The lowest BCUT2D eigenvalue weighted by atomic mass is 10.1. The van der Waals surface area contributed by atoms with Crippen LogP contribution in [0.4, 0.5) is 0 Å². The molecular formula is C9H15N3O. The molecule has 4 nitrogen and oxygen atoms in total. The van der Waals surface area contributed by atoms with E-state index in [1.807, 2.05) is 13.8 Å². The number of carbonyl (C=O) groups excluding carboxylic acids is 1. The number of carbonyl (C=O) groups is 1. The zero-order valence-electron chi connectivity index (χ0n) is 8.08. The molecule has 72 valence electrons. The van der Waals surface area contributed by atoms with E-state index in [9.17, 15) is 4.79 Å². The molecule has 0 aromatic rings. The van der Waals surface area contributed by atoms with Gasteiger partial charge in [-0.3, -0.25) is 10.1 Å². The summed E-state index contributed by atoms with van der Waals surface area (Å²) in [7, 11) is 0. The molecule has 0 radical (unpaired) electrons. The van der Waals surface area contributed by atoms with Crippen LogP contribution in [0, 0.1) is 17.2 Å². The molecule has 1 N–H and O–H groups in total. The minimum atomic E-state index is -0.198. The van der Waals surface area contributed by atoms with Crippen molar-refractivity contribution in [3.8, 4) is 6.07 Å². The van der Waals surface area contributed by atoms with Crippen LogP contribution < -0.4 is 5.32 Å². The molecule has 1 heterocycles. The van der Waals surface area contributed by atoms with Gasteiger partial charge in [-0.1, -0.05) is 13.8 Å². The van der Waals surface area contributed by atoms with Crippen LogP contribution in [0.3, 0.4) is 0 Å². The van der Waals surface area contributed by atoms with Gasteiger partial charge in [-0.2, -0.15) is 5.26 Å². The number of hydrogen-bond donors (Lipinski definition) is 1. The second-order valence-corrected chi connectivity index (χ2v) is 3.57. The average molecular weight is 181 g/mol. The SMILES string of the molecule is CC(C)C(=O)N1CCN[C@H](C#N)C1. The molecule has 4 heteroatoms. The number of amides is 1. The minimum Gasteiger partial charge on any atom is -0.339 e. The first-order valence-electron chi connectivity index (χ1n) is 4.57. The first-order chi connectivity index (χ1) is 6.15. The number of nitrogens with zero attached hydrogens (tertiary/aromatic N) is 2. The van der Waals surface area contributed by atoms with Crippen LogP contribution in [0.1, 0.15) is 13.8 Å². The van der Waals surface area contributed by atoms with Crippen molar-refractivity contribution in [2.75, 3.05) is 19.6 Å². The Morgan fingerprint density at radius 1 is 1.69 bits per heavy atom. The van der Waals surface area contributed by atoms with Gasteiger partial charge in [0.25, 0.3) is 0 Å². The fraction of sp³-hybridized carbons (Fsp3) is 0.778. The second-order valence-electron chi connectivity index (χ2n) is 3.57. The summed E-state index contributed by atoms with van der Waals surface area (Å²) in [5, 5.41) is 11.7. The van der Waals surface area contributed by atoms with Crippen LogP contribution in [-0.2, 0) is 4.79 Å². The molecule has 0 bridgehead atoms. The molecule has 1 saturated heterocycles. The van der Waals surface area contributed by atoms with Crippen LogP contribution in [0.15, 0.2) is 0 Å². The van der Waals surface area contributed by atoms with Crippen LogP contribution in [-0.4, -0.2) is 36.5 Å². The van der Waals surface area contributed by atoms with E-state index in [-0.39, 0.29) is 17.9 Å². The average Bonchev–Trinajstić information content (AvgIpc) is 2.16. The first kappa shape index (κ1) is 10.0. The lowest BCUT2D eigenvalue weighted by molar-refractivity contribution is -0.135. The van der Waals surface area contributed by atoms with Gasteiger partial charge in [-0.15, -0.1) is 0 Å². The largest absolute Gasteiger partial charge is 0.339 e. The fourth-order valence-corrected chi connectivity index (χ4v) is 1.40. The van der Waals surface area contributed by atoms with E-state index >= 15 is 0 Å². The maximum absolute atomic E-state index is 11.5. The molecule has 0 aliphatic carbocycles. The van der Waals surface area contributed by atoms with Gasteiger partial charge in [-0.25, -0.2) is 0 Å². The topological polar surface area (TPSA) is 56.1 Å². The summed E-state index contributed by atoms with van der Waals surface area (Å²) in [6.07, 6.45) is 0. The van der Waals surface area contributed by atoms with Crippen LogP contribution in [0.2, 0.25) is 0 Å². The van der Waals surface area contributed by atoms with Crippen molar-refractivity contribution in [3.63, 3.8) is 0 Å². The molecule has 1 aliphatic heterocycles. The Labute approximate surface area is 78.5 Å². The Bertz CT molecular complexity index is 232. The van der Waals surface area contributed by atoms with Crippen molar-refractivity contribution < 1.29 is 4.79 Å². The lowest BCUT2D eigenvalue weighted by Gasteiger charge is -2.31. The fourth-order valence-electron chi connectivity index (χ4n) is 1.40. The highest BCUT2D eigenvalue weighted by Crippen LogP contribution is 2.05. The summed E-state index contributed by atoms with van der Waals surface area (Å²) in [4.78, 5) is 13.3. The van der Waals surface area contributed by atoms with Gasteiger partial charge in [0, 0.05) is 25.6 Å². The molecule has 1 aliphatic rings. The molecule has 0 saturated carbocycles. The molecular weight excluding hydrogens is 166 g/mol. The highest BCUT2D eigenvalue weighted by molar-refractivity contribution is 5.78. The Balaban J connectivity index is 2.52.